The van der Waals surface area contributed by atoms with Gasteiger partial charge in [-0.2, -0.15) is 10.2 Å². The average molecular weight is 424 g/mol. The summed E-state index contributed by atoms with van der Waals surface area (Å²) in [5, 5.41) is 16.0. The van der Waals surface area contributed by atoms with Gasteiger partial charge in [0, 0.05) is 26.3 Å². The third kappa shape index (κ3) is 4.94. The van der Waals surface area contributed by atoms with Crippen molar-refractivity contribution in [3.63, 3.8) is 0 Å². The molecule has 0 bridgehead atoms. The van der Waals surface area contributed by atoms with Crippen molar-refractivity contribution in [2.45, 2.75) is 44.9 Å². The van der Waals surface area contributed by atoms with Gasteiger partial charge in [0.05, 0.1) is 24.6 Å². The minimum atomic E-state index is -1.58. The Morgan fingerprint density at radius 3 is 2.90 bits per heavy atom. The van der Waals surface area contributed by atoms with Crippen LogP contribution in [0.15, 0.2) is 12.1 Å². The first-order chi connectivity index (χ1) is 14.3. The lowest BCUT2D eigenvalue weighted by Crippen LogP contribution is -2.36. The van der Waals surface area contributed by atoms with Crippen LogP contribution < -0.4 is 10.6 Å². The highest BCUT2D eigenvalue weighted by Gasteiger charge is 2.42. The Kier molecular flexibility index (Phi) is 6.67. The molecule has 164 valence electrons. The third-order valence-corrected chi connectivity index (χ3v) is 4.35. The van der Waals surface area contributed by atoms with Gasteiger partial charge in [0.2, 0.25) is 0 Å². The van der Waals surface area contributed by atoms with Crippen LogP contribution in [0.1, 0.15) is 41.8 Å². The Bertz CT molecular complexity index is 898. The molecule has 3 N–H and O–H groups in total. The van der Waals surface area contributed by atoms with Crippen LogP contribution in [-0.2, 0) is 27.9 Å². The number of ether oxygens (including phenoxy) is 3. The Labute approximate surface area is 172 Å². The van der Waals surface area contributed by atoms with Crippen molar-refractivity contribution in [3.05, 3.63) is 29.2 Å². The summed E-state index contributed by atoms with van der Waals surface area (Å²) in [6, 6.07) is 2.95. The third-order valence-electron chi connectivity index (χ3n) is 4.35. The molecule has 2 aromatic heterocycles. The highest BCUT2D eigenvalue weighted by molar-refractivity contribution is 6.02. The van der Waals surface area contributed by atoms with Crippen molar-refractivity contribution in [2.75, 3.05) is 19.0 Å². The molecule has 3 heterocycles. The van der Waals surface area contributed by atoms with Gasteiger partial charge in [-0.05, 0) is 19.9 Å². The number of alkyl carbamates (subject to hydrolysis) is 1. The van der Waals surface area contributed by atoms with E-state index in [9.17, 15) is 14.0 Å². The molecule has 2 aromatic rings. The molecule has 0 radical (unpaired) electrons. The van der Waals surface area contributed by atoms with Gasteiger partial charge in [0.25, 0.3) is 5.91 Å². The number of carbonyl (C=O) groups is 2. The summed E-state index contributed by atoms with van der Waals surface area (Å²) in [4.78, 5) is 24.2. The predicted molar refractivity (Wildman–Crippen MR) is 103 cm³/mol. The van der Waals surface area contributed by atoms with Gasteiger partial charge < -0.3 is 24.8 Å². The lowest BCUT2D eigenvalue weighted by Gasteiger charge is -2.16. The molecule has 30 heavy (non-hydrogen) atoms. The number of methoxy groups -OCH3 is 1. The van der Waals surface area contributed by atoms with Crippen LogP contribution in [0.2, 0.25) is 0 Å². The molecule has 1 aliphatic heterocycles. The Morgan fingerprint density at radius 1 is 1.43 bits per heavy atom. The smallest absolute Gasteiger partial charge is 0.407 e. The van der Waals surface area contributed by atoms with E-state index >= 15 is 0 Å². The SMILES string of the molecule is COCc1cc(C(=O)Nc2cc([C@H]3OC[C@@H](OC(=O)NC(C)C)[C@H]3F)[nH]n2)n(C)n1. The van der Waals surface area contributed by atoms with Gasteiger partial charge in [-0.25, -0.2) is 9.18 Å². The standard InChI is InChI=1S/C18H25FN6O5/c1-9(2)20-18(27)30-13-8-29-16(15(13)19)11-6-14(23-22-11)21-17(26)12-5-10(7-28-4)24-25(12)3/h5-6,9,13,15-16H,7-8H2,1-4H3,(H,20,27)(H2,21,22,23,26)/t13-,15-,16-/m1/s1. The zero-order valence-electron chi connectivity index (χ0n) is 17.1. The maximum absolute atomic E-state index is 14.7. The fraction of sp³-hybridized carbons (Fsp3) is 0.556. The number of carbonyl (C=O) groups excluding carboxylic acids is 2. The number of aromatic nitrogens is 4. The topological polar surface area (TPSA) is 132 Å². The molecule has 0 aromatic carbocycles. The Morgan fingerprint density at radius 2 is 2.20 bits per heavy atom. The number of aryl methyl sites for hydroxylation is 1. The molecule has 0 aliphatic carbocycles. The van der Waals surface area contributed by atoms with E-state index in [0.717, 1.165) is 0 Å². The first-order valence-corrected chi connectivity index (χ1v) is 9.39. The Balaban J connectivity index is 1.61. The van der Waals surface area contributed by atoms with Crippen LogP contribution in [0.25, 0.3) is 0 Å². The number of rotatable bonds is 7. The minimum absolute atomic E-state index is 0.0879. The van der Waals surface area contributed by atoms with Gasteiger partial charge in [-0.3, -0.25) is 14.6 Å². The van der Waals surface area contributed by atoms with Crippen LogP contribution in [0, 0.1) is 0 Å². The quantitative estimate of drug-likeness (QED) is 0.613. The number of nitrogens with zero attached hydrogens (tertiary/aromatic N) is 3. The van der Waals surface area contributed by atoms with Gasteiger partial charge >= 0.3 is 6.09 Å². The second-order valence-corrected chi connectivity index (χ2v) is 7.18. The van der Waals surface area contributed by atoms with Crippen molar-refractivity contribution in [1.29, 1.82) is 0 Å². The monoisotopic (exact) mass is 424 g/mol. The van der Waals surface area contributed by atoms with E-state index in [1.165, 1.54) is 17.9 Å². The Hall–Kier alpha value is -2.99. The largest absolute Gasteiger partial charge is 0.441 e. The van der Waals surface area contributed by atoms with E-state index < -0.39 is 30.4 Å². The predicted octanol–water partition coefficient (Wildman–Crippen LogP) is 1.45. The molecule has 1 aliphatic rings. The summed E-state index contributed by atoms with van der Waals surface area (Å²) in [6.07, 6.45) is -4.32. The van der Waals surface area contributed by atoms with Crippen molar-refractivity contribution in [3.8, 4) is 0 Å². The number of nitrogens with one attached hydrogen (secondary N) is 3. The van der Waals surface area contributed by atoms with Crippen LogP contribution in [0.3, 0.4) is 0 Å². The number of H-pyrrole nitrogens is 1. The van der Waals surface area contributed by atoms with Crippen LogP contribution >= 0.6 is 0 Å². The zero-order chi connectivity index (χ0) is 21.8. The van der Waals surface area contributed by atoms with Gasteiger partial charge in [-0.15, -0.1) is 0 Å². The first kappa shape index (κ1) is 21.7. The number of amides is 2. The van der Waals surface area contributed by atoms with E-state index in [1.807, 2.05) is 0 Å². The van der Waals surface area contributed by atoms with Gasteiger partial charge in [0.15, 0.2) is 18.1 Å². The van der Waals surface area contributed by atoms with E-state index in [-0.39, 0.29) is 25.1 Å². The van der Waals surface area contributed by atoms with Gasteiger partial charge in [0.1, 0.15) is 11.8 Å². The highest BCUT2D eigenvalue weighted by atomic mass is 19.1. The van der Waals surface area contributed by atoms with E-state index in [2.05, 4.69) is 25.9 Å². The van der Waals surface area contributed by atoms with Crippen LogP contribution in [0.4, 0.5) is 15.0 Å². The van der Waals surface area contributed by atoms with Crippen LogP contribution in [-0.4, -0.2) is 64.0 Å². The lowest BCUT2D eigenvalue weighted by molar-refractivity contribution is 0.0615. The highest BCUT2D eigenvalue weighted by Crippen LogP contribution is 2.33. The van der Waals surface area contributed by atoms with Crippen molar-refractivity contribution in [2.24, 2.45) is 7.05 Å². The van der Waals surface area contributed by atoms with E-state index in [0.29, 0.717) is 17.1 Å². The fourth-order valence-corrected chi connectivity index (χ4v) is 3.03. The molecule has 0 spiro atoms. The molecule has 2 amide bonds. The molecule has 3 atom stereocenters. The maximum atomic E-state index is 14.7. The van der Waals surface area contributed by atoms with Crippen molar-refractivity contribution in [1.82, 2.24) is 25.3 Å². The summed E-state index contributed by atoms with van der Waals surface area (Å²) in [7, 11) is 3.18. The second-order valence-electron chi connectivity index (χ2n) is 7.18. The molecule has 1 fully saturated rings. The van der Waals surface area contributed by atoms with E-state index in [1.54, 1.807) is 27.0 Å². The number of anilines is 1. The molecule has 1 saturated heterocycles. The summed E-state index contributed by atoms with van der Waals surface area (Å²) in [5.74, 6) is -0.233. The fourth-order valence-electron chi connectivity index (χ4n) is 3.03. The molecular weight excluding hydrogens is 399 g/mol. The summed E-state index contributed by atoms with van der Waals surface area (Å²) < 4.78 is 31.7. The molecular formula is C18H25FN6O5. The molecule has 3 rings (SSSR count). The van der Waals surface area contributed by atoms with E-state index in [4.69, 9.17) is 14.2 Å². The second kappa shape index (κ2) is 9.22. The first-order valence-electron chi connectivity index (χ1n) is 9.39. The zero-order valence-corrected chi connectivity index (χ0v) is 17.1. The molecule has 11 nitrogen and oxygen atoms in total. The summed E-state index contributed by atoms with van der Waals surface area (Å²) in [6.45, 7) is 3.73. The number of hydrogen-bond acceptors (Lipinski definition) is 7. The van der Waals surface area contributed by atoms with Crippen molar-refractivity contribution < 1.29 is 28.2 Å². The number of hydrogen-bond donors (Lipinski definition) is 3. The van der Waals surface area contributed by atoms with Crippen LogP contribution in [0.5, 0.6) is 0 Å². The number of aromatic amines is 1. The van der Waals surface area contributed by atoms with Gasteiger partial charge in [-0.1, -0.05) is 0 Å². The normalized spacial score (nSPS) is 21.1. The molecule has 0 unspecified atom stereocenters. The minimum Gasteiger partial charge on any atom is -0.441 e. The maximum Gasteiger partial charge on any atom is 0.407 e. The molecule has 0 saturated carbocycles. The summed E-state index contributed by atoms with van der Waals surface area (Å²) in [5.41, 5.74) is 1.25. The molecule has 12 heteroatoms. The van der Waals surface area contributed by atoms with Crippen molar-refractivity contribution >= 4 is 17.8 Å². The summed E-state index contributed by atoms with van der Waals surface area (Å²) >= 11 is 0. The number of halogens is 1. The number of alkyl halides is 1. The lowest BCUT2D eigenvalue weighted by atomic mass is 10.1. The average Bonchev–Trinajstić information content (AvgIpc) is 3.35.